The summed E-state index contributed by atoms with van der Waals surface area (Å²) in [5.74, 6) is -0.133. The second-order valence-corrected chi connectivity index (χ2v) is 8.29. The van der Waals surface area contributed by atoms with E-state index in [2.05, 4.69) is 13.0 Å². The fourth-order valence-corrected chi connectivity index (χ4v) is 3.85. The molecule has 0 fully saturated rings. The van der Waals surface area contributed by atoms with E-state index in [0.29, 0.717) is 0 Å². The zero-order valence-corrected chi connectivity index (χ0v) is 18.0. The molecule has 0 aliphatic rings. The van der Waals surface area contributed by atoms with Gasteiger partial charge in [0.1, 0.15) is 5.82 Å². The number of halogens is 1. The molecule has 1 rings (SSSR count). The van der Waals surface area contributed by atoms with Crippen LogP contribution in [0.2, 0.25) is 0 Å². The molecule has 0 aromatic heterocycles. The van der Waals surface area contributed by atoms with Gasteiger partial charge in [0.2, 0.25) is 0 Å². The van der Waals surface area contributed by atoms with Gasteiger partial charge in [-0.15, -0.1) is 0 Å². The predicted octanol–water partition coefficient (Wildman–Crippen LogP) is 9.21. The highest BCUT2D eigenvalue weighted by molar-refractivity contribution is 5.14. The van der Waals surface area contributed by atoms with Crippen molar-refractivity contribution in [3.8, 4) is 0 Å². The Bertz CT molecular complexity index is 426. The lowest BCUT2D eigenvalue weighted by atomic mass is 10.0. The Hall–Kier alpha value is -0.850. The Morgan fingerprint density at radius 3 is 1.44 bits per heavy atom. The number of rotatable bonds is 19. The third kappa shape index (κ3) is 15.9. The second-order valence-electron chi connectivity index (χ2n) is 8.29. The molecule has 1 aromatic rings. The van der Waals surface area contributed by atoms with Crippen LogP contribution in [-0.4, -0.2) is 0 Å². The third-order valence-corrected chi connectivity index (χ3v) is 5.62. The summed E-state index contributed by atoms with van der Waals surface area (Å²) in [7, 11) is 0. The lowest BCUT2D eigenvalue weighted by molar-refractivity contribution is 0.525. The van der Waals surface area contributed by atoms with Crippen LogP contribution in [0, 0.1) is 11.9 Å². The quantitative estimate of drug-likeness (QED) is 0.211. The van der Waals surface area contributed by atoms with Gasteiger partial charge in [-0.05, 0) is 36.6 Å². The average molecular weight is 376 g/mol. The zero-order chi connectivity index (χ0) is 19.4. The second kappa shape index (κ2) is 18.5. The number of benzene rings is 1. The Balaban J connectivity index is 1.72. The van der Waals surface area contributed by atoms with E-state index in [4.69, 9.17) is 0 Å². The van der Waals surface area contributed by atoms with E-state index in [1.807, 2.05) is 0 Å². The molecule has 0 amide bonds. The predicted molar refractivity (Wildman–Crippen MR) is 118 cm³/mol. The van der Waals surface area contributed by atoms with E-state index in [9.17, 15) is 4.39 Å². The number of hydrogen-bond acceptors (Lipinski definition) is 0. The lowest BCUT2D eigenvalue weighted by Crippen LogP contribution is -1.88. The van der Waals surface area contributed by atoms with Gasteiger partial charge in [0.05, 0.1) is 0 Å². The Morgan fingerprint density at radius 1 is 0.630 bits per heavy atom. The van der Waals surface area contributed by atoms with Gasteiger partial charge in [-0.25, -0.2) is 4.39 Å². The molecule has 1 radical (unpaired) electrons. The summed E-state index contributed by atoms with van der Waals surface area (Å²) < 4.78 is 13.1. The molecule has 0 unspecified atom stereocenters. The molecular weight excluding hydrogens is 331 g/mol. The molecule has 155 valence electrons. The van der Waals surface area contributed by atoms with Gasteiger partial charge in [-0.3, -0.25) is 0 Å². The molecule has 0 nitrogen and oxygen atoms in total. The average Bonchev–Trinajstić information content (AvgIpc) is 2.67. The zero-order valence-electron chi connectivity index (χ0n) is 18.0. The highest BCUT2D eigenvalue weighted by Crippen LogP contribution is 2.15. The molecule has 0 bridgehead atoms. The van der Waals surface area contributed by atoms with Crippen LogP contribution >= 0.6 is 0 Å². The molecule has 0 saturated carbocycles. The van der Waals surface area contributed by atoms with Gasteiger partial charge >= 0.3 is 0 Å². The topological polar surface area (TPSA) is 0 Å². The van der Waals surface area contributed by atoms with E-state index in [1.165, 1.54) is 122 Å². The van der Waals surface area contributed by atoms with Gasteiger partial charge in [0.15, 0.2) is 0 Å². The van der Waals surface area contributed by atoms with E-state index < -0.39 is 0 Å². The first kappa shape index (κ1) is 24.2. The number of aryl methyl sites for hydroxylation is 1. The number of unbranched alkanes of at least 4 members (excludes halogenated alkanes) is 17. The Labute approximate surface area is 169 Å². The van der Waals surface area contributed by atoms with Crippen LogP contribution in [0.15, 0.2) is 18.2 Å². The fraction of sp³-hybridized carbons (Fsp3) is 0.769. The largest absolute Gasteiger partial charge is 0.207 e. The van der Waals surface area contributed by atoms with Crippen molar-refractivity contribution in [3.05, 3.63) is 35.6 Å². The Morgan fingerprint density at radius 2 is 1.04 bits per heavy atom. The van der Waals surface area contributed by atoms with Crippen molar-refractivity contribution in [1.82, 2.24) is 0 Å². The lowest BCUT2D eigenvalue weighted by Gasteiger charge is -2.04. The first-order chi connectivity index (χ1) is 13.3. The van der Waals surface area contributed by atoms with Crippen molar-refractivity contribution in [2.24, 2.45) is 0 Å². The first-order valence-electron chi connectivity index (χ1n) is 12.0. The maximum Gasteiger partial charge on any atom is 0.123 e. The van der Waals surface area contributed by atoms with Crippen LogP contribution in [0.5, 0.6) is 0 Å². The van der Waals surface area contributed by atoms with Gasteiger partial charge in [-0.1, -0.05) is 122 Å². The minimum Gasteiger partial charge on any atom is -0.207 e. The monoisotopic (exact) mass is 375 g/mol. The summed E-state index contributed by atoms with van der Waals surface area (Å²) in [6.07, 6.45) is 26.2. The summed E-state index contributed by atoms with van der Waals surface area (Å²) in [5.41, 5.74) is 1.02. The molecule has 0 saturated heterocycles. The standard InChI is InChI=1S/C26H44F/c1-2-3-4-5-6-7-8-9-10-11-12-13-14-15-16-17-18-19-21-25-22-20-23-26(27)24-25/h20,23-24H,2-19,21H2,1H3. The van der Waals surface area contributed by atoms with Crippen molar-refractivity contribution < 1.29 is 4.39 Å². The third-order valence-electron chi connectivity index (χ3n) is 5.62. The minimum atomic E-state index is -0.133. The van der Waals surface area contributed by atoms with Crippen LogP contribution in [0.25, 0.3) is 0 Å². The number of hydrogen-bond donors (Lipinski definition) is 0. The van der Waals surface area contributed by atoms with Crippen molar-refractivity contribution in [2.75, 3.05) is 0 Å². The van der Waals surface area contributed by atoms with Crippen LogP contribution in [0.4, 0.5) is 4.39 Å². The van der Waals surface area contributed by atoms with E-state index >= 15 is 0 Å². The van der Waals surface area contributed by atoms with E-state index in [1.54, 1.807) is 12.1 Å². The molecule has 27 heavy (non-hydrogen) atoms. The molecule has 0 heterocycles. The Kier molecular flexibility index (Phi) is 16.6. The van der Waals surface area contributed by atoms with Gasteiger partial charge in [0.25, 0.3) is 0 Å². The molecule has 1 aromatic carbocycles. The molecule has 1 heteroatoms. The maximum atomic E-state index is 13.1. The fourth-order valence-electron chi connectivity index (χ4n) is 3.85. The van der Waals surface area contributed by atoms with Crippen LogP contribution in [0.1, 0.15) is 128 Å². The smallest absolute Gasteiger partial charge is 0.123 e. The van der Waals surface area contributed by atoms with Crippen LogP contribution in [0.3, 0.4) is 0 Å². The van der Waals surface area contributed by atoms with Gasteiger partial charge in [0, 0.05) is 0 Å². The van der Waals surface area contributed by atoms with Crippen molar-refractivity contribution in [1.29, 1.82) is 0 Å². The van der Waals surface area contributed by atoms with Gasteiger partial charge < -0.3 is 0 Å². The normalized spacial score (nSPS) is 11.2. The van der Waals surface area contributed by atoms with E-state index in [-0.39, 0.29) is 5.82 Å². The molecule has 0 spiro atoms. The summed E-state index contributed by atoms with van der Waals surface area (Å²) in [6, 6.07) is 7.91. The maximum absolute atomic E-state index is 13.1. The molecule has 0 aliphatic heterocycles. The SMILES string of the molecule is CCCCCCCCCCCCCCCCCCCCc1[c]ccc(F)c1. The summed E-state index contributed by atoms with van der Waals surface area (Å²) >= 11 is 0. The molecular formula is C26H44F. The highest BCUT2D eigenvalue weighted by Gasteiger charge is 1.97. The molecule has 0 aliphatic carbocycles. The molecule has 0 N–H and O–H groups in total. The van der Waals surface area contributed by atoms with Crippen molar-refractivity contribution >= 4 is 0 Å². The summed E-state index contributed by atoms with van der Waals surface area (Å²) in [5, 5.41) is 0. The van der Waals surface area contributed by atoms with E-state index in [0.717, 1.165) is 12.0 Å². The van der Waals surface area contributed by atoms with Crippen molar-refractivity contribution in [3.63, 3.8) is 0 Å². The molecule has 0 atom stereocenters. The minimum absolute atomic E-state index is 0.133. The summed E-state index contributed by atoms with van der Waals surface area (Å²) in [6.45, 7) is 2.29. The van der Waals surface area contributed by atoms with Crippen LogP contribution < -0.4 is 0 Å². The first-order valence-corrected chi connectivity index (χ1v) is 12.0. The van der Waals surface area contributed by atoms with Crippen LogP contribution in [-0.2, 0) is 6.42 Å². The van der Waals surface area contributed by atoms with Gasteiger partial charge in [-0.2, -0.15) is 0 Å². The highest BCUT2D eigenvalue weighted by atomic mass is 19.1. The summed E-state index contributed by atoms with van der Waals surface area (Å²) in [4.78, 5) is 0. The van der Waals surface area contributed by atoms with Crippen molar-refractivity contribution in [2.45, 2.75) is 129 Å².